The van der Waals surface area contributed by atoms with Crippen LogP contribution in [-0.4, -0.2) is 13.4 Å². The maximum atomic E-state index is 12.1. The van der Waals surface area contributed by atoms with Crippen LogP contribution < -0.4 is 10.5 Å². The topological polar surface area (TPSA) is 85.1 Å². The lowest BCUT2D eigenvalue weighted by molar-refractivity contribution is 0.598. The van der Waals surface area contributed by atoms with Crippen molar-refractivity contribution < 1.29 is 8.42 Å². The molecule has 0 saturated heterocycles. The molecule has 0 amide bonds. The van der Waals surface area contributed by atoms with E-state index in [1.165, 1.54) is 12.3 Å². The number of hydrogen-bond donors (Lipinski definition) is 2. The van der Waals surface area contributed by atoms with Gasteiger partial charge in [0, 0.05) is 16.4 Å². The quantitative estimate of drug-likeness (QED) is 0.905. The minimum absolute atomic E-state index is 0.111. The Morgan fingerprint density at radius 3 is 2.67 bits per heavy atom. The highest BCUT2D eigenvalue weighted by atomic mass is 79.9. The SMILES string of the molecule is Nc1cccnc1S(=O)(=O)Nc1cccc(Br)c1. The number of rotatable bonds is 3. The Kier molecular flexibility index (Phi) is 3.53. The third-order valence-electron chi connectivity index (χ3n) is 2.13. The minimum atomic E-state index is -3.77. The Morgan fingerprint density at radius 2 is 2.00 bits per heavy atom. The van der Waals surface area contributed by atoms with Crippen LogP contribution in [0.4, 0.5) is 11.4 Å². The van der Waals surface area contributed by atoms with E-state index in [2.05, 4.69) is 25.6 Å². The number of aromatic nitrogens is 1. The molecule has 1 heterocycles. The molecule has 5 nitrogen and oxygen atoms in total. The number of nitrogens with zero attached hydrogens (tertiary/aromatic N) is 1. The van der Waals surface area contributed by atoms with Gasteiger partial charge in [0.15, 0.2) is 5.03 Å². The second kappa shape index (κ2) is 4.95. The second-order valence-corrected chi connectivity index (χ2v) is 6.03. The maximum absolute atomic E-state index is 12.1. The van der Waals surface area contributed by atoms with Gasteiger partial charge in [-0.05, 0) is 30.3 Å². The van der Waals surface area contributed by atoms with Gasteiger partial charge in [-0.25, -0.2) is 4.98 Å². The highest BCUT2D eigenvalue weighted by Crippen LogP contribution is 2.21. The van der Waals surface area contributed by atoms with E-state index in [0.29, 0.717) is 5.69 Å². The first-order chi connectivity index (χ1) is 8.49. The van der Waals surface area contributed by atoms with Crippen LogP contribution in [0.5, 0.6) is 0 Å². The van der Waals surface area contributed by atoms with Gasteiger partial charge in [0.05, 0.1) is 5.69 Å². The molecule has 94 valence electrons. The van der Waals surface area contributed by atoms with Gasteiger partial charge in [-0.2, -0.15) is 8.42 Å². The second-order valence-electron chi connectivity index (χ2n) is 3.51. The Labute approximate surface area is 113 Å². The predicted octanol–water partition coefficient (Wildman–Crippen LogP) is 2.23. The lowest BCUT2D eigenvalue weighted by Crippen LogP contribution is -2.16. The summed E-state index contributed by atoms with van der Waals surface area (Å²) in [4.78, 5) is 3.78. The third-order valence-corrected chi connectivity index (χ3v) is 3.98. The largest absolute Gasteiger partial charge is 0.396 e. The van der Waals surface area contributed by atoms with Gasteiger partial charge in [0.2, 0.25) is 0 Å². The fourth-order valence-electron chi connectivity index (χ4n) is 1.38. The first-order valence-corrected chi connectivity index (χ1v) is 7.25. The summed E-state index contributed by atoms with van der Waals surface area (Å²) in [5.41, 5.74) is 6.15. The van der Waals surface area contributed by atoms with E-state index in [4.69, 9.17) is 5.73 Å². The smallest absolute Gasteiger partial charge is 0.281 e. The molecule has 0 aliphatic rings. The lowest BCUT2D eigenvalue weighted by Gasteiger charge is -2.09. The van der Waals surface area contributed by atoms with E-state index in [9.17, 15) is 8.42 Å². The van der Waals surface area contributed by atoms with Crippen molar-refractivity contribution in [2.75, 3.05) is 10.5 Å². The fraction of sp³-hybridized carbons (Fsp3) is 0. The van der Waals surface area contributed by atoms with E-state index in [1.54, 1.807) is 30.3 Å². The molecule has 18 heavy (non-hydrogen) atoms. The number of pyridine rings is 1. The molecule has 1 aromatic heterocycles. The van der Waals surface area contributed by atoms with Crippen molar-refractivity contribution in [2.24, 2.45) is 0 Å². The lowest BCUT2D eigenvalue weighted by atomic mass is 10.3. The van der Waals surface area contributed by atoms with Crippen molar-refractivity contribution in [3.63, 3.8) is 0 Å². The average Bonchev–Trinajstić information content (AvgIpc) is 2.28. The monoisotopic (exact) mass is 327 g/mol. The molecule has 3 N–H and O–H groups in total. The molecule has 2 rings (SSSR count). The van der Waals surface area contributed by atoms with Crippen molar-refractivity contribution in [2.45, 2.75) is 5.03 Å². The number of nitrogens with one attached hydrogen (secondary N) is 1. The summed E-state index contributed by atoms with van der Waals surface area (Å²) in [6.45, 7) is 0. The molecule has 0 aliphatic carbocycles. The predicted molar refractivity (Wildman–Crippen MR) is 73.6 cm³/mol. The Balaban J connectivity index is 2.37. The number of sulfonamides is 1. The molecule has 7 heteroatoms. The Bertz CT molecular complexity index is 673. The summed E-state index contributed by atoms with van der Waals surface area (Å²) in [6.07, 6.45) is 1.38. The highest BCUT2D eigenvalue weighted by molar-refractivity contribution is 9.10. The molecule has 0 fully saturated rings. The Morgan fingerprint density at radius 1 is 1.22 bits per heavy atom. The van der Waals surface area contributed by atoms with Crippen LogP contribution in [0, 0.1) is 0 Å². The van der Waals surface area contributed by atoms with Crippen molar-refractivity contribution in [1.29, 1.82) is 0 Å². The number of nitrogen functional groups attached to an aromatic ring is 1. The van der Waals surface area contributed by atoms with Crippen LogP contribution in [0.3, 0.4) is 0 Å². The van der Waals surface area contributed by atoms with Crippen LogP contribution in [-0.2, 0) is 10.0 Å². The van der Waals surface area contributed by atoms with Gasteiger partial charge in [0.1, 0.15) is 0 Å². The summed E-state index contributed by atoms with van der Waals surface area (Å²) < 4.78 is 27.3. The maximum Gasteiger partial charge on any atom is 0.281 e. The molecule has 0 bridgehead atoms. The Hall–Kier alpha value is -1.60. The normalized spacial score (nSPS) is 11.2. The van der Waals surface area contributed by atoms with E-state index in [0.717, 1.165) is 4.47 Å². The number of halogens is 1. The molecule has 0 spiro atoms. The van der Waals surface area contributed by atoms with Crippen molar-refractivity contribution in [3.8, 4) is 0 Å². The number of anilines is 2. The number of hydrogen-bond acceptors (Lipinski definition) is 4. The first kappa shape index (κ1) is 12.8. The number of benzene rings is 1. The fourth-order valence-corrected chi connectivity index (χ4v) is 2.89. The van der Waals surface area contributed by atoms with Crippen LogP contribution in [0.2, 0.25) is 0 Å². The molecule has 0 unspecified atom stereocenters. The van der Waals surface area contributed by atoms with Crippen molar-refractivity contribution in [1.82, 2.24) is 4.98 Å². The first-order valence-electron chi connectivity index (χ1n) is 4.98. The molecule has 2 aromatic rings. The van der Waals surface area contributed by atoms with Gasteiger partial charge in [-0.3, -0.25) is 4.72 Å². The average molecular weight is 328 g/mol. The molecule has 0 radical (unpaired) electrons. The minimum Gasteiger partial charge on any atom is -0.396 e. The third kappa shape index (κ3) is 2.80. The van der Waals surface area contributed by atoms with E-state index >= 15 is 0 Å². The van der Waals surface area contributed by atoms with Crippen LogP contribution in [0.15, 0.2) is 52.1 Å². The molecular formula is C11H10BrN3O2S. The van der Waals surface area contributed by atoms with Crippen LogP contribution in [0.1, 0.15) is 0 Å². The van der Waals surface area contributed by atoms with Crippen molar-refractivity contribution in [3.05, 3.63) is 47.1 Å². The van der Waals surface area contributed by atoms with Gasteiger partial charge in [0.25, 0.3) is 10.0 Å². The summed E-state index contributed by atoms with van der Waals surface area (Å²) in [6, 6.07) is 9.88. The molecular weight excluding hydrogens is 318 g/mol. The highest BCUT2D eigenvalue weighted by Gasteiger charge is 2.18. The molecule has 0 atom stereocenters. The van der Waals surface area contributed by atoms with Crippen LogP contribution >= 0.6 is 15.9 Å². The van der Waals surface area contributed by atoms with Gasteiger partial charge < -0.3 is 5.73 Å². The zero-order valence-electron chi connectivity index (χ0n) is 9.17. The zero-order chi connectivity index (χ0) is 13.2. The molecule has 0 saturated carbocycles. The summed E-state index contributed by atoms with van der Waals surface area (Å²) >= 11 is 3.27. The molecule has 1 aromatic carbocycles. The van der Waals surface area contributed by atoms with E-state index < -0.39 is 10.0 Å². The van der Waals surface area contributed by atoms with E-state index in [-0.39, 0.29) is 10.7 Å². The summed E-state index contributed by atoms with van der Waals surface area (Å²) in [5, 5.41) is -0.176. The zero-order valence-corrected chi connectivity index (χ0v) is 11.6. The van der Waals surface area contributed by atoms with Gasteiger partial charge >= 0.3 is 0 Å². The van der Waals surface area contributed by atoms with Crippen LogP contribution in [0.25, 0.3) is 0 Å². The summed E-state index contributed by atoms with van der Waals surface area (Å²) in [5.74, 6) is 0. The number of nitrogens with two attached hydrogens (primary N) is 1. The van der Waals surface area contributed by atoms with Gasteiger partial charge in [-0.15, -0.1) is 0 Å². The standard InChI is InChI=1S/C11H10BrN3O2S/c12-8-3-1-4-9(7-8)15-18(16,17)11-10(13)5-2-6-14-11/h1-7,15H,13H2. The van der Waals surface area contributed by atoms with Crippen molar-refractivity contribution >= 4 is 37.3 Å². The summed E-state index contributed by atoms with van der Waals surface area (Å²) in [7, 11) is -3.77. The van der Waals surface area contributed by atoms with E-state index in [1.807, 2.05) is 0 Å². The van der Waals surface area contributed by atoms with Gasteiger partial charge in [-0.1, -0.05) is 22.0 Å². The molecule has 0 aliphatic heterocycles.